The fourth-order valence-electron chi connectivity index (χ4n) is 4.45. The normalized spacial score (nSPS) is 13.5. The Morgan fingerprint density at radius 1 is 0.914 bits per heavy atom. The summed E-state index contributed by atoms with van der Waals surface area (Å²) >= 11 is 6.21. The highest BCUT2D eigenvalue weighted by molar-refractivity contribution is 7.85. The molecular weight excluding hydrogens is 498 g/mol. The Morgan fingerprint density at radius 3 is 1.94 bits per heavy atom. The molecule has 2 N–H and O–H groups in total. The summed E-state index contributed by atoms with van der Waals surface area (Å²) in [4.78, 5) is 0. The molecule has 35 heavy (non-hydrogen) atoms. The van der Waals surface area contributed by atoms with Gasteiger partial charge in [-0.25, -0.2) is 0 Å². The summed E-state index contributed by atoms with van der Waals surface area (Å²) in [7, 11) is -6.41. The van der Waals surface area contributed by atoms with Gasteiger partial charge in [-0.3, -0.25) is 4.18 Å². The van der Waals surface area contributed by atoms with E-state index in [0.29, 0.717) is 23.7 Å². The Morgan fingerprint density at radius 2 is 1.46 bits per heavy atom. The van der Waals surface area contributed by atoms with Gasteiger partial charge in [-0.15, -0.1) is 0 Å². The molecule has 3 aromatic rings. The molecule has 0 aliphatic carbocycles. The lowest BCUT2D eigenvalue weighted by molar-refractivity contribution is 0.173. The number of nitrogens with two attached hydrogens (primary N) is 1. The second-order valence-electron chi connectivity index (χ2n) is 9.88. The average Bonchev–Trinajstić information content (AvgIpc) is 2.80. The topological polar surface area (TPSA) is 78.6 Å². The third-order valence-electron chi connectivity index (χ3n) is 6.08. The Balaban J connectivity index is 2.02. The number of rotatable bonds is 10. The lowest BCUT2D eigenvalue weighted by Crippen LogP contribution is -2.67. The second kappa shape index (κ2) is 11.3. The highest BCUT2D eigenvalue weighted by Gasteiger charge is 2.50. The van der Waals surface area contributed by atoms with Crippen LogP contribution in [0.1, 0.15) is 26.3 Å². The minimum atomic E-state index is -3.62. The summed E-state index contributed by atoms with van der Waals surface area (Å²) in [6.07, 6.45) is 1.53. The minimum Gasteiger partial charge on any atom is -0.407 e. The summed E-state index contributed by atoms with van der Waals surface area (Å²) < 4.78 is 35.9. The molecule has 3 rings (SSSR count). The van der Waals surface area contributed by atoms with Gasteiger partial charge in [0.25, 0.3) is 18.4 Å². The summed E-state index contributed by atoms with van der Waals surface area (Å²) in [6.45, 7) is 6.90. The van der Waals surface area contributed by atoms with E-state index >= 15 is 0 Å². The van der Waals surface area contributed by atoms with E-state index in [1.165, 1.54) is 0 Å². The van der Waals surface area contributed by atoms with Crippen molar-refractivity contribution in [1.29, 1.82) is 0 Å². The Kier molecular flexibility index (Phi) is 8.83. The van der Waals surface area contributed by atoms with Crippen molar-refractivity contribution in [2.75, 3.05) is 25.2 Å². The molecule has 0 aromatic heterocycles. The van der Waals surface area contributed by atoms with E-state index in [0.717, 1.165) is 22.2 Å². The van der Waals surface area contributed by atoms with Crippen LogP contribution in [0.5, 0.6) is 0 Å². The maximum absolute atomic E-state index is 11.8. The molecule has 0 aliphatic rings. The first-order valence-electron chi connectivity index (χ1n) is 11.6. The van der Waals surface area contributed by atoms with Crippen LogP contribution in [0.15, 0.2) is 78.9 Å². The second-order valence-corrected chi connectivity index (χ2v) is 16.3. The van der Waals surface area contributed by atoms with Crippen LogP contribution in [0, 0.1) is 5.92 Å². The Bertz CT molecular complexity index is 1180. The van der Waals surface area contributed by atoms with Crippen LogP contribution in [-0.4, -0.2) is 36.2 Å². The van der Waals surface area contributed by atoms with Crippen molar-refractivity contribution in [2.45, 2.75) is 32.2 Å². The lowest BCUT2D eigenvalue weighted by atomic mass is 9.99. The molecule has 0 saturated carbocycles. The molecule has 0 amide bonds. The smallest absolute Gasteiger partial charge is 0.264 e. The summed E-state index contributed by atoms with van der Waals surface area (Å²) in [5, 5.41) is 2.69. The van der Waals surface area contributed by atoms with E-state index in [4.69, 9.17) is 25.9 Å². The SMILES string of the molecule is CC(C)(C)[Si](OCC(COS(C)(=O)=O)Cc1cc(Cl)ccc1N)(c1ccccc1)c1ccccc1. The molecule has 1 unspecified atom stereocenters. The predicted octanol–water partition coefficient (Wildman–Crippen LogP) is 4.63. The van der Waals surface area contributed by atoms with Gasteiger partial charge < -0.3 is 10.2 Å². The number of anilines is 1. The van der Waals surface area contributed by atoms with Gasteiger partial charge in [0.15, 0.2) is 0 Å². The van der Waals surface area contributed by atoms with Gasteiger partial charge in [0.2, 0.25) is 0 Å². The fraction of sp³-hybridized carbons (Fsp3) is 0.333. The van der Waals surface area contributed by atoms with Crippen molar-refractivity contribution in [1.82, 2.24) is 0 Å². The molecule has 3 aromatic carbocycles. The fourth-order valence-corrected chi connectivity index (χ4v) is 9.73. The molecule has 188 valence electrons. The molecular formula is C27H34ClNO4SSi. The monoisotopic (exact) mass is 531 g/mol. The molecule has 5 nitrogen and oxygen atoms in total. The Hall–Kier alpha value is -2.16. The first kappa shape index (κ1) is 27.4. The van der Waals surface area contributed by atoms with Gasteiger partial charge in [-0.05, 0) is 45.6 Å². The van der Waals surface area contributed by atoms with E-state index in [2.05, 4.69) is 45.0 Å². The van der Waals surface area contributed by atoms with Crippen molar-refractivity contribution >= 4 is 46.1 Å². The van der Waals surface area contributed by atoms with E-state index < -0.39 is 18.4 Å². The zero-order chi connectivity index (χ0) is 25.7. The summed E-state index contributed by atoms with van der Waals surface area (Å²) in [5.74, 6) is -0.257. The van der Waals surface area contributed by atoms with E-state index in [-0.39, 0.29) is 17.6 Å². The van der Waals surface area contributed by atoms with Crippen LogP contribution < -0.4 is 16.1 Å². The zero-order valence-electron chi connectivity index (χ0n) is 20.7. The lowest BCUT2D eigenvalue weighted by Gasteiger charge is -2.43. The number of nitrogen functional groups attached to an aromatic ring is 1. The molecule has 0 bridgehead atoms. The van der Waals surface area contributed by atoms with E-state index in [9.17, 15) is 8.42 Å². The van der Waals surface area contributed by atoms with Gasteiger partial charge in [0.05, 0.1) is 12.9 Å². The van der Waals surface area contributed by atoms with Crippen LogP contribution in [0.4, 0.5) is 5.69 Å². The van der Waals surface area contributed by atoms with Crippen LogP contribution in [0.3, 0.4) is 0 Å². The third kappa shape index (κ3) is 6.95. The molecule has 0 radical (unpaired) electrons. The summed E-state index contributed by atoms with van der Waals surface area (Å²) in [5.41, 5.74) is 7.64. The van der Waals surface area contributed by atoms with Crippen molar-refractivity contribution in [3.8, 4) is 0 Å². The van der Waals surface area contributed by atoms with Crippen LogP contribution >= 0.6 is 11.6 Å². The summed E-state index contributed by atoms with van der Waals surface area (Å²) in [6, 6.07) is 26.0. The van der Waals surface area contributed by atoms with Gasteiger partial charge in [-0.1, -0.05) is 93.0 Å². The van der Waals surface area contributed by atoms with Gasteiger partial charge in [0, 0.05) is 23.2 Å². The predicted molar refractivity (Wildman–Crippen MR) is 147 cm³/mol. The van der Waals surface area contributed by atoms with Crippen molar-refractivity contribution in [3.05, 3.63) is 89.4 Å². The van der Waals surface area contributed by atoms with Crippen molar-refractivity contribution in [2.24, 2.45) is 5.92 Å². The van der Waals surface area contributed by atoms with Crippen molar-refractivity contribution < 1.29 is 17.0 Å². The van der Waals surface area contributed by atoms with E-state index in [1.54, 1.807) is 12.1 Å². The largest absolute Gasteiger partial charge is 0.407 e. The van der Waals surface area contributed by atoms with Crippen LogP contribution in [-0.2, 0) is 25.1 Å². The standard InChI is InChI=1S/C27H34ClNO4SSi/c1-27(2,3)35(24-11-7-5-8-12-24,25-13-9-6-10-14-25)33-20-21(19-32-34(4,30)31)17-22-18-23(28)15-16-26(22)29/h5-16,18,21H,17,19-20,29H2,1-4H3. The van der Waals surface area contributed by atoms with Crippen LogP contribution in [0.25, 0.3) is 0 Å². The molecule has 0 saturated heterocycles. The van der Waals surface area contributed by atoms with E-state index in [1.807, 2.05) is 42.5 Å². The highest BCUT2D eigenvalue weighted by Crippen LogP contribution is 2.37. The molecule has 0 heterocycles. The first-order valence-corrected chi connectivity index (χ1v) is 15.7. The zero-order valence-corrected chi connectivity index (χ0v) is 23.3. The number of hydrogen-bond donors (Lipinski definition) is 1. The molecule has 0 fully saturated rings. The quantitative estimate of drug-likeness (QED) is 0.234. The van der Waals surface area contributed by atoms with Gasteiger partial charge >= 0.3 is 0 Å². The molecule has 0 spiro atoms. The highest BCUT2D eigenvalue weighted by atomic mass is 35.5. The maximum atomic E-state index is 11.8. The maximum Gasteiger partial charge on any atom is 0.264 e. The minimum absolute atomic E-state index is 0.0109. The van der Waals surface area contributed by atoms with Gasteiger partial charge in [-0.2, -0.15) is 8.42 Å². The number of benzene rings is 3. The van der Waals surface area contributed by atoms with Gasteiger partial charge in [0.1, 0.15) is 0 Å². The Labute approximate surface area is 215 Å². The molecule has 1 atom stereocenters. The number of halogens is 1. The number of hydrogen-bond acceptors (Lipinski definition) is 5. The van der Waals surface area contributed by atoms with Crippen molar-refractivity contribution in [3.63, 3.8) is 0 Å². The molecule has 0 aliphatic heterocycles. The first-order chi connectivity index (χ1) is 16.4. The third-order valence-corrected chi connectivity index (χ3v) is 11.9. The average molecular weight is 532 g/mol. The molecule has 8 heteroatoms. The van der Waals surface area contributed by atoms with Crippen LogP contribution in [0.2, 0.25) is 10.1 Å².